The van der Waals surface area contributed by atoms with E-state index in [1.807, 2.05) is 25.2 Å². The Morgan fingerprint density at radius 1 is 1.50 bits per heavy atom. The molecule has 16 heavy (non-hydrogen) atoms. The fourth-order valence-electron chi connectivity index (χ4n) is 1.46. The normalized spacial score (nSPS) is 10.7. The van der Waals surface area contributed by atoms with Gasteiger partial charge in [-0.1, -0.05) is 11.6 Å². The first kappa shape index (κ1) is 11.6. The number of aromatic nitrogens is 1. The summed E-state index contributed by atoms with van der Waals surface area (Å²) >= 11 is 9.35. The number of benzene rings is 1. The van der Waals surface area contributed by atoms with E-state index < -0.39 is 0 Å². The minimum absolute atomic E-state index is 0.668. The molecule has 1 aromatic carbocycles. The van der Waals surface area contributed by atoms with E-state index in [9.17, 15) is 0 Å². The number of nitrogens with zero attached hydrogens (tertiary/aromatic N) is 1. The van der Waals surface area contributed by atoms with E-state index in [1.54, 1.807) is 0 Å². The van der Waals surface area contributed by atoms with Crippen LogP contribution in [0.15, 0.2) is 33.5 Å². The second-order valence-corrected chi connectivity index (χ2v) is 4.57. The Balaban J connectivity index is 2.46. The maximum Gasteiger partial charge on any atom is 0.181 e. The summed E-state index contributed by atoms with van der Waals surface area (Å²) in [7, 11) is 1.87. The van der Waals surface area contributed by atoms with Crippen LogP contribution in [0.5, 0.6) is 0 Å². The number of hydrogen-bond acceptors (Lipinski definition) is 3. The lowest BCUT2D eigenvalue weighted by molar-refractivity contribution is 0.570. The molecule has 1 N–H and O–H groups in total. The van der Waals surface area contributed by atoms with Gasteiger partial charge in [0.15, 0.2) is 12.2 Å². The smallest absolute Gasteiger partial charge is 0.181 e. The van der Waals surface area contributed by atoms with Crippen LogP contribution in [-0.2, 0) is 6.54 Å². The number of oxazole rings is 1. The Morgan fingerprint density at radius 2 is 2.31 bits per heavy atom. The van der Waals surface area contributed by atoms with Crippen molar-refractivity contribution >= 4 is 27.5 Å². The fourth-order valence-corrected chi connectivity index (χ4v) is 2.32. The molecule has 0 saturated carbocycles. The topological polar surface area (TPSA) is 38.1 Å². The number of halogens is 2. The summed E-state index contributed by atoms with van der Waals surface area (Å²) in [4.78, 5) is 4.16. The maximum absolute atomic E-state index is 5.89. The average molecular weight is 302 g/mol. The zero-order valence-electron chi connectivity index (χ0n) is 8.63. The lowest BCUT2D eigenvalue weighted by Crippen LogP contribution is -2.06. The molecule has 0 aliphatic rings. The molecule has 0 atom stereocenters. The van der Waals surface area contributed by atoms with Crippen LogP contribution < -0.4 is 5.32 Å². The van der Waals surface area contributed by atoms with Gasteiger partial charge in [-0.05, 0) is 41.2 Å². The van der Waals surface area contributed by atoms with Crippen molar-refractivity contribution in [2.24, 2.45) is 0 Å². The summed E-state index contributed by atoms with van der Waals surface area (Å²) < 4.78 is 6.30. The van der Waals surface area contributed by atoms with Gasteiger partial charge in [0.05, 0.1) is 0 Å². The second kappa shape index (κ2) is 4.99. The van der Waals surface area contributed by atoms with Gasteiger partial charge in [0, 0.05) is 21.6 Å². The van der Waals surface area contributed by atoms with Gasteiger partial charge in [0.25, 0.3) is 0 Å². The van der Waals surface area contributed by atoms with E-state index in [-0.39, 0.29) is 0 Å². The summed E-state index contributed by atoms with van der Waals surface area (Å²) in [6.45, 7) is 0.668. The number of hydrogen-bond donors (Lipinski definition) is 1. The van der Waals surface area contributed by atoms with E-state index in [4.69, 9.17) is 16.0 Å². The molecule has 84 valence electrons. The molecule has 0 aliphatic heterocycles. The lowest BCUT2D eigenvalue weighted by atomic mass is 10.1. The highest BCUT2D eigenvalue weighted by Gasteiger charge is 2.13. The maximum atomic E-state index is 5.89. The second-order valence-electron chi connectivity index (χ2n) is 3.28. The van der Waals surface area contributed by atoms with E-state index in [0.29, 0.717) is 11.6 Å². The van der Waals surface area contributed by atoms with Crippen molar-refractivity contribution in [3.8, 4) is 11.3 Å². The van der Waals surface area contributed by atoms with Gasteiger partial charge >= 0.3 is 0 Å². The third-order valence-corrected chi connectivity index (χ3v) is 3.05. The van der Waals surface area contributed by atoms with Crippen LogP contribution in [0.25, 0.3) is 11.3 Å². The molecule has 3 nitrogen and oxygen atoms in total. The predicted molar refractivity (Wildman–Crippen MR) is 67.4 cm³/mol. The molecule has 0 saturated heterocycles. The fraction of sp³-hybridized carbons (Fsp3) is 0.182. The highest BCUT2D eigenvalue weighted by molar-refractivity contribution is 9.10. The van der Waals surface area contributed by atoms with Gasteiger partial charge in [-0.25, -0.2) is 4.98 Å². The van der Waals surface area contributed by atoms with Crippen molar-refractivity contribution in [2.45, 2.75) is 6.54 Å². The molecule has 0 radical (unpaired) electrons. The lowest BCUT2D eigenvalue weighted by Gasteiger charge is -2.03. The van der Waals surface area contributed by atoms with Crippen LogP contribution in [0.2, 0.25) is 5.02 Å². The Morgan fingerprint density at radius 3 is 3.00 bits per heavy atom. The van der Waals surface area contributed by atoms with Gasteiger partial charge in [0.1, 0.15) is 5.69 Å². The molecule has 0 aliphatic carbocycles. The van der Waals surface area contributed by atoms with E-state index >= 15 is 0 Å². The van der Waals surface area contributed by atoms with Crippen molar-refractivity contribution in [1.29, 1.82) is 0 Å². The third kappa shape index (κ3) is 2.29. The van der Waals surface area contributed by atoms with Gasteiger partial charge in [-0.2, -0.15) is 0 Å². The van der Waals surface area contributed by atoms with Crippen molar-refractivity contribution in [3.63, 3.8) is 0 Å². The standard InChI is InChI=1S/C11H10BrClN2O/c1-14-5-10-11(16-6-15-10)8-3-2-7(13)4-9(8)12/h2-4,6,14H,5H2,1H3. The Bertz CT molecular complexity index is 498. The molecule has 0 amide bonds. The first-order valence-corrected chi connectivity index (χ1v) is 5.92. The minimum atomic E-state index is 0.668. The van der Waals surface area contributed by atoms with E-state index in [0.717, 1.165) is 21.5 Å². The molecule has 0 spiro atoms. The van der Waals surface area contributed by atoms with Crippen LogP contribution in [0.4, 0.5) is 0 Å². The third-order valence-electron chi connectivity index (χ3n) is 2.16. The average Bonchev–Trinajstić information content (AvgIpc) is 2.67. The van der Waals surface area contributed by atoms with Gasteiger partial charge in [-0.15, -0.1) is 0 Å². The van der Waals surface area contributed by atoms with Crippen molar-refractivity contribution in [2.75, 3.05) is 7.05 Å². The molecular formula is C11H10BrClN2O. The molecular weight excluding hydrogens is 291 g/mol. The monoisotopic (exact) mass is 300 g/mol. The van der Waals surface area contributed by atoms with Crippen molar-refractivity contribution < 1.29 is 4.42 Å². The summed E-state index contributed by atoms with van der Waals surface area (Å²) in [6.07, 6.45) is 1.45. The van der Waals surface area contributed by atoms with E-state index in [2.05, 4.69) is 26.2 Å². The van der Waals surface area contributed by atoms with Crippen LogP contribution in [0.1, 0.15) is 5.69 Å². The quantitative estimate of drug-likeness (QED) is 0.943. The van der Waals surface area contributed by atoms with Gasteiger partial charge < -0.3 is 9.73 Å². The molecule has 0 unspecified atom stereocenters. The zero-order chi connectivity index (χ0) is 11.5. The zero-order valence-corrected chi connectivity index (χ0v) is 11.0. The summed E-state index contributed by atoms with van der Waals surface area (Å²) in [6, 6.07) is 5.57. The largest absolute Gasteiger partial charge is 0.443 e. The summed E-state index contributed by atoms with van der Waals surface area (Å²) in [5.74, 6) is 0.762. The van der Waals surface area contributed by atoms with Crippen LogP contribution in [-0.4, -0.2) is 12.0 Å². The highest BCUT2D eigenvalue weighted by Crippen LogP contribution is 2.32. The van der Waals surface area contributed by atoms with Crippen LogP contribution in [0, 0.1) is 0 Å². The SMILES string of the molecule is CNCc1ncoc1-c1ccc(Cl)cc1Br. The predicted octanol–water partition coefficient (Wildman–Crippen LogP) is 3.48. The Labute approximate surface area is 107 Å². The van der Waals surface area contributed by atoms with Crippen LogP contribution >= 0.6 is 27.5 Å². The minimum Gasteiger partial charge on any atom is -0.443 e. The molecule has 1 aromatic heterocycles. The summed E-state index contributed by atoms with van der Waals surface area (Å²) in [5, 5.41) is 3.73. The van der Waals surface area contributed by atoms with E-state index in [1.165, 1.54) is 6.39 Å². The Kier molecular flexibility index (Phi) is 3.63. The molecule has 0 bridgehead atoms. The van der Waals surface area contributed by atoms with Crippen molar-refractivity contribution in [3.05, 3.63) is 39.8 Å². The number of rotatable bonds is 3. The number of nitrogens with one attached hydrogen (secondary N) is 1. The molecule has 2 aromatic rings. The molecule has 1 heterocycles. The van der Waals surface area contributed by atoms with Gasteiger partial charge in [-0.3, -0.25) is 0 Å². The summed E-state index contributed by atoms with van der Waals surface area (Å²) in [5.41, 5.74) is 1.83. The van der Waals surface area contributed by atoms with Gasteiger partial charge in [0.2, 0.25) is 0 Å². The first-order valence-electron chi connectivity index (χ1n) is 4.74. The Hall–Kier alpha value is -0.840. The van der Waals surface area contributed by atoms with Crippen molar-refractivity contribution in [1.82, 2.24) is 10.3 Å². The molecule has 2 rings (SSSR count). The first-order chi connectivity index (χ1) is 7.72. The van der Waals surface area contributed by atoms with Crippen LogP contribution in [0.3, 0.4) is 0 Å². The molecule has 5 heteroatoms. The highest BCUT2D eigenvalue weighted by atomic mass is 79.9. The molecule has 0 fully saturated rings.